The van der Waals surface area contributed by atoms with E-state index in [1.54, 1.807) is 37.4 Å². The van der Waals surface area contributed by atoms with Crippen molar-refractivity contribution in [2.24, 2.45) is 0 Å². The SMILES string of the molecule is COc1ccccc1CNC(=O)C1CN(C(C)=O)CCN1S(=O)(=O)c1ccc(C(C)C)cc1. The lowest BCUT2D eigenvalue weighted by atomic mass is 10.0. The molecule has 0 bridgehead atoms. The van der Waals surface area contributed by atoms with Crippen LogP contribution in [0.1, 0.15) is 37.8 Å². The maximum absolute atomic E-state index is 13.5. The minimum absolute atomic E-state index is 0.00357. The molecule has 0 radical (unpaired) electrons. The number of amides is 2. The highest BCUT2D eigenvalue weighted by Gasteiger charge is 2.40. The number of hydrogen-bond donors (Lipinski definition) is 1. The van der Waals surface area contributed by atoms with E-state index in [4.69, 9.17) is 4.74 Å². The van der Waals surface area contributed by atoms with Gasteiger partial charge in [-0.15, -0.1) is 0 Å². The number of carbonyl (C=O) groups is 2. The van der Waals surface area contributed by atoms with Crippen LogP contribution in [0.15, 0.2) is 53.4 Å². The number of nitrogens with one attached hydrogen (secondary N) is 1. The predicted octanol–water partition coefficient (Wildman–Crippen LogP) is 2.36. The summed E-state index contributed by atoms with van der Waals surface area (Å²) in [6.45, 7) is 5.93. The van der Waals surface area contributed by atoms with Crippen molar-refractivity contribution in [3.63, 3.8) is 0 Å². The van der Waals surface area contributed by atoms with Crippen LogP contribution in [0.25, 0.3) is 0 Å². The fourth-order valence-corrected chi connectivity index (χ4v) is 5.43. The summed E-state index contributed by atoms with van der Waals surface area (Å²) in [5.41, 5.74) is 1.80. The largest absolute Gasteiger partial charge is 0.496 e. The van der Waals surface area contributed by atoms with Gasteiger partial charge >= 0.3 is 0 Å². The average molecular weight is 474 g/mol. The Bertz CT molecular complexity index is 1100. The van der Waals surface area contributed by atoms with E-state index in [2.05, 4.69) is 5.32 Å². The van der Waals surface area contributed by atoms with Crippen molar-refractivity contribution in [1.82, 2.24) is 14.5 Å². The summed E-state index contributed by atoms with van der Waals surface area (Å²) in [5, 5.41) is 2.82. The van der Waals surface area contributed by atoms with E-state index in [0.29, 0.717) is 5.75 Å². The summed E-state index contributed by atoms with van der Waals surface area (Å²) >= 11 is 0. The number of para-hydroxylation sites is 1. The number of rotatable bonds is 7. The van der Waals surface area contributed by atoms with Crippen LogP contribution in [-0.4, -0.2) is 62.2 Å². The van der Waals surface area contributed by atoms with E-state index >= 15 is 0 Å². The lowest BCUT2D eigenvalue weighted by Crippen LogP contribution is -2.61. The van der Waals surface area contributed by atoms with E-state index < -0.39 is 22.0 Å². The molecule has 1 atom stereocenters. The molecule has 8 nitrogen and oxygen atoms in total. The minimum atomic E-state index is -3.93. The van der Waals surface area contributed by atoms with Crippen LogP contribution in [0.4, 0.5) is 0 Å². The Kier molecular flexibility index (Phi) is 7.76. The smallest absolute Gasteiger partial charge is 0.243 e. The molecule has 1 aliphatic rings. The molecule has 1 fully saturated rings. The molecule has 178 valence electrons. The van der Waals surface area contributed by atoms with Gasteiger partial charge in [0.05, 0.1) is 12.0 Å². The summed E-state index contributed by atoms with van der Waals surface area (Å²) < 4.78 is 33.4. The lowest BCUT2D eigenvalue weighted by Gasteiger charge is -2.39. The number of carbonyl (C=O) groups excluding carboxylic acids is 2. The molecule has 3 rings (SSSR count). The number of piperazine rings is 1. The van der Waals surface area contributed by atoms with Crippen LogP contribution in [0.5, 0.6) is 5.75 Å². The van der Waals surface area contributed by atoms with Gasteiger partial charge in [0.15, 0.2) is 0 Å². The monoisotopic (exact) mass is 473 g/mol. The molecule has 0 aromatic heterocycles. The first-order chi connectivity index (χ1) is 15.6. The van der Waals surface area contributed by atoms with Gasteiger partial charge in [0.25, 0.3) is 0 Å². The van der Waals surface area contributed by atoms with Gasteiger partial charge < -0.3 is 15.0 Å². The second kappa shape index (κ2) is 10.4. The third kappa shape index (κ3) is 5.54. The van der Waals surface area contributed by atoms with Crippen molar-refractivity contribution < 1.29 is 22.7 Å². The molecule has 9 heteroatoms. The number of benzene rings is 2. The fourth-order valence-electron chi connectivity index (χ4n) is 3.86. The quantitative estimate of drug-likeness (QED) is 0.666. The van der Waals surface area contributed by atoms with Crippen LogP contribution in [0, 0.1) is 0 Å². The second-order valence-corrected chi connectivity index (χ2v) is 10.2. The molecular weight excluding hydrogens is 442 g/mol. The molecule has 1 heterocycles. The van der Waals surface area contributed by atoms with Crippen molar-refractivity contribution in [3.8, 4) is 5.75 Å². The Hall–Kier alpha value is -2.91. The zero-order valence-electron chi connectivity index (χ0n) is 19.4. The summed E-state index contributed by atoms with van der Waals surface area (Å²) in [6.07, 6.45) is 0. The number of methoxy groups -OCH3 is 1. The van der Waals surface area contributed by atoms with Crippen LogP contribution in [0.2, 0.25) is 0 Å². The summed E-state index contributed by atoms with van der Waals surface area (Å²) in [5.74, 6) is 0.237. The molecule has 0 aliphatic carbocycles. The Morgan fingerprint density at radius 3 is 2.36 bits per heavy atom. The topological polar surface area (TPSA) is 96.0 Å². The first-order valence-corrected chi connectivity index (χ1v) is 12.4. The van der Waals surface area contributed by atoms with E-state index in [9.17, 15) is 18.0 Å². The Morgan fingerprint density at radius 2 is 1.76 bits per heavy atom. The van der Waals surface area contributed by atoms with E-state index in [-0.39, 0.29) is 42.9 Å². The number of sulfonamides is 1. The van der Waals surface area contributed by atoms with E-state index in [1.165, 1.54) is 16.1 Å². The molecule has 1 saturated heterocycles. The van der Waals surface area contributed by atoms with Crippen molar-refractivity contribution in [1.29, 1.82) is 0 Å². The molecule has 2 aromatic rings. The highest BCUT2D eigenvalue weighted by atomic mass is 32.2. The molecule has 1 unspecified atom stereocenters. The third-order valence-electron chi connectivity index (χ3n) is 5.88. The number of hydrogen-bond acceptors (Lipinski definition) is 5. The molecule has 1 N–H and O–H groups in total. The average Bonchev–Trinajstić information content (AvgIpc) is 2.82. The molecule has 2 amide bonds. The van der Waals surface area contributed by atoms with Crippen LogP contribution >= 0.6 is 0 Å². The van der Waals surface area contributed by atoms with Gasteiger partial charge in [-0.3, -0.25) is 9.59 Å². The normalized spacial score (nSPS) is 17.1. The third-order valence-corrected chi connectivity index (χ3v) is 7.80. The highest BCUT2D eigenvalue weighted by Crippen LogP contribution is 2.24. The predicted molar refractivity (Wildman–Crippen MR) is 125 cm³/mol. The number of ether oxygens (including phenoxy) is 1. The van der Waals surface area contributed by atoms with Crippen molar-refractivity contribution >= 4 is 21.8 Å². The highest BCUT2D eigenvalue weighted by molar-refractivity contribution is 7.89. The van der Waals surface area contributed by atoms with Gasteiger partial charge in [-0.1, -0.05) is 44.2 Å². The standard InChI is InChI=1S/C24H31N3O5S/c1-17(2)19-9-11-21(12-10-19)33(30,31)27-14-13-26(18(3)28)16-22(27)24(29)25-15-20-7-5-6-8-23(20)32-4/h5-12,17,22H,13-16H2,1-4H3,(H,25,29). The first-order valence-electron chi connectivity index (χ1n) is 10.9. The fraction of sp³-hybridized carbons (Fsp3) is 0.417. The Balaban J connectivity index is 1.85. The molecular formula is C24H31N3O5S. The van der Waals surface area contributed by atoms with E-state index in [1.807, 2.05) is 32.0 Å². The molecule has 0 spiro atoms. The first kappa shape index (κ1) is 24.7. The maximum atomic E-state index is 13.5. The zero-order valence-corrected chi connectivity index (χ0v) is 20.3. The van der Waals surface area contributed by atoms with Crippen LogP contribution in [-0.2, 0) is 26.2 Å². The Labute approximate surface area is 195 Å². The van der Waals surface area contributed by atoms with Gasteiger partial charge in [0.1, 0.15) is 11.8 Å². The van der Waals surface area contributed by atoms with Gasteiger partial charge in [-0.25, -0.2) is 8.42 Å². The van der Waals surface area contributed by atoms with Gasteiger partial charge in [0.2, 0.25) is 21.8 Å². The summed E-state index contributed by atoms with van der Waals surface area (Å²) in [6, 6.07) is 13.0. The maximum Gasteiger partial charge on any atom is 0.243 e. The number of nitrogens with zero attached hydrogens (tertiary/aromatic N) is 2. The minimum Gasteiger partial charge on any atom is -0.496 e. The van der Waals surface area contributed by atoms with Crippen molar-refractivity contribution in [2.45, 2.75) is 44.2 Å². The lowest BCUT2D eigenvalue weighted by molar-refractivity contribution is -0.134. The summed E-state index contributed by atoms with van der Waals surface area (Å²) in [7, 11) is -2.39. The van der Waals surface area contributed by atoms with Crippen molar-refractivity contribution in [3.05, 3.63) is 59.7 Å². The Morgan fingerprint density at radius 1 is 1.09 bits per heavy atom. The second-order valence-electron chi connectivity index (χ2n) is 8.35. The molecule has 2 aromatic carbocycles. The van der Waals surface area contributed by atoms with Gasteiger partial charge in [0, 0.05) is 38.7 Å². The van der Waals surface area contributed by atoms with E-state index in [0.717, 1.165) is 11.1 Å². The zero-order chi connectivity index (χ0) is 24.2. The van der Waals surface area contributed by atoms with Gasteiger partial charge in [-0.2, -0.15) is 4.31 Å². The van der Waals surface area contributed by atoms with Crippen LogP contribution in [0.3, 0.4) is 0 Å². The molecule has 1 aliphatic heterocycles. The molecule has 0 saturated carbocycles. The van der Waals surface area contributed by atoms with Crippen molar-refractivity contribution in [2.75, 3.05) is 26.7 Å². The summed E-state index contributed by atoms with van der Waals surface area (Å²) in [4.78, 5) is 26.8. The van der Waals surface area contributed by atoms with Gasteiger partial charge in [-0.05, 0) is 29.7 Å². The molecule has 33 heavy (non-hydrogen) atoms. The van der Waals surface area contributed by atoms with Crippen LogP contribution < -0.4 is 10.1 Å².